The lowest BCUT2D eigenvalue weighted by atomic mass is 10.2. The molecule has 0 aliphatic heterocycles. The van der Waals surface area contributed by atoms with E-state index in [0.29, 0.717) is 34.5 Å². The smallest absolute Gasteiger partial charge is 0.417 e. The minimum atomic E-state index is -4.73. The summed E-state index contributed by atoms with van der Waals surface area (Å²) in [7, 11) is -1.70. The lowest BCUT2D eigenvalue weighted by Crippen LogP contribution is -2.24. The monoisotopic (exact) mass is 487 g/mol. The third kappa shape index (κ3) is 5.40. The number of aromatic nitrogens is 4. The molecule has 0 radical (unpaired) electrons. The molecule has 0 spiro atoms. The van der Waals surface area contributed by atoms with Gasteiger partial charge < -0.3 is 4.74 Å². The van der Waals surface area contributed by atoms with Crippen molar-refractivity contribution in [1.29, 1.82) is 0 Å². The van der Waals surface area contributed by atoms with Crippen LogP contribution in [-0.2, 0) is 22.6 Å². The number of hydrogen-bond donors (Lipinski definition) is 0. The van der Waals surface area contributed by atoms with E-state index in [9.17, 15) is 21.6 Å². The highest BCUT2D eigenvalue weighted by Gasteiger charge is 2.34. The second-order valence-electron chi connectivity index (χ2n) is 7.19. The number of ether oxygens (including phenoxy) is 1. The largest absolute Gasteiger partial charge is 0.489 e. The fourth-order valence-electron chi connectivity index (χ4n) is 2.61. The summed E-state index contributed by atoms with van der Waals surface area (Å²) in [6.45, 7) is 3.78. The SMILES string of the molecule is CC(C)Oc1ccc(-c2nsc(Cc3ncc(C(F)(F)F)cc3S(=O)(=O)N(C)C)n2)nc1. The zero-order chi connectivity index (χ0) is 23.7. The van der Waals surface area contributed by atoms with Crippen LogP contribution in [0.1, 0.15) is 30.1 Å². The van der Waals surface area contributed by atoms with Gasteiger partial charge in [0.05, 0.1) is 23.6 Å². The third-order valence-electron chi connectivity index (χ3n) is 4.14. The Morgan fingerprint density at radius 1 is 1.16 bits per heavy atom. The number of nitrogens with zero attached hydrogens (tertiary/aromatic N) is 5. The zero-order valence-corrected chi connectivity index (χ0v) is 19.2. The first-order valence-electron chi connectivity index (χ1n) is 9.32. The molecule has 0 unspecified atom stereocenters. The summed E-state index contributed by atoms with van der Waals surface area (Å²) >= 11 is 0.989. The average molecular weight is 488 g/mol. The minimum Gasteiger partial charge on any atom is -0.489 e. The molecule has 0 bridgehead atoms. The molecule has 0 aliphatic carbocycles. The van der Waals surface area contributed by atoms with Crippen molar-refractivity contribution in [3.63, 3.8) is 0 Å². The van der Waals surface area contributed by atoms with Crippen molar-refractivity contribution in [1.82, 2.24) is 23.6 Å². The van der Waals surface area contributed by atoms with Crippen LogP contribution in [0.3, 0.4) is 0 Å². The Bertz CT molecular complexity index is 1190. The Kier molecular flexibility index (Phi) is 6.81. The van der Waals surface area contributed by atoms with E-state index >= 15 is 0 Å². The van der Waals surface area contributed by atoms with Crippen molar-refractivity contribution in [2.45, 2.75) is 37.4 Å². The number of pyridine rings is 2. The predicted octanol–water partition coefficient (Wildman–Crippen LogP) is 3.64. The van der Waals surface area contributed by atoms with Gasteiger partial charge in [-0.15, -0.1) is 0 Å². The first-order chi connectivity index (χ1) is 14.9. The van der Waals surface area contributed by atoms with Gasteiger partial charge >= 0.3 is 6.18 Å². The molecule has 8 nitrogen and oxygen atoms in total. The van der Waals surface area contributed by atoms with Gasteiger partial charge in [0.2, 0.25) is 10.0 Å². The lowest BCUT2D eigenvalue weighted by molar-refractivity contribution is -0.138. The fourth-order valence-corrected chi connectivity index (χ4v) is 4.36. The fraction of sp³-hybridized carbons (Fsp3) is 0.368. The predicted molar refractivity (Wildman–Crippen MR) is 112 cm³/mol. The highest BCUT2D eigenvalue weighted by atomic mass is 32.2. The van der Waals surface area contributed by atoms with Gasteiger partial charge in [-0.1, -0.05) is 0 Å². The van der Waals surface area contributed by atoms with Crippen LogP contribution in [-0.4, -0.2) is 52.2 Å². The van der Waals surface area contributed by atoms with Gasteiger partial charge in [-0.05, 0) is 43.6 Å². The highest BCUT2D eigenvalue weighted by molar-refractivity contribution is 7.89. The molecule has 0 atom stereocenters. The Morgan fingerprint density at radius 2 is 1.88 bits per heavy atom. The Balaban J connectivity index is 1.92. The zero-order valence-electron chi connectivity index (χ0n) is 17.6. The van der Waals surface area contributed by atoms with Gasteiger partial charge in [-0.2, -0.15) is 17.5 Å². The summed E-state index contributed by atoms with van der Waals surface area (Å²) in [4.78, 5) is 11.9. The summed E-state index contributed by atoms with van der Waals surface area (Å²) in [5.41, 5.74) is -0.722. The van der Waals surface area contributed by atoms with Crippen LogP contribution in [0.25, 0.3) is 11.5 Å². The van der Waals surface area contributed by atoms with Crippen molar-refractivity contribution in [3.8, 4) is 17.3 Å². The first-order valence-corrected chi connectivity index (χ1v) is 11.5. The summed E-state index contributed by atoms with van der Waals surface area (Å²) in [6, 6.07) is 4.00. The molecule has 0 N–H and O–H groups in total. The van der Waals surface area contributed by atoms with Crippen LogP contribution in [0.4, 0.5) is 13.2 Å². The van der Waals surface area contributed by atoms with Gasteiger partial charge in [-0.3, -0.25) is 4.98 Å². The molecule has 0 aromatic carbocycles. The molecule has 172 valence electrons. The second-order valence-corrected chi connectivity index (χ2v) is 10.1. The standard InChI is InChI=1S/C19H20F3N5O3S2/c1-11(2)30-13-5-6-14(24-10-13)18-25-17(31-26-18)8-15-16(32(28,29)27(3)4)7-12(9-23-15)19(20,21)22/h5-7,9-11H,8H2,1-4H3. The molecule has 0 fully saturated rings. The molecule has 32 heavy (non-hydrogen) atoms. The molecule has 3 heterocycles. The number of hydrogen-bond acceptors (Lipinski definition) is 8. The molecule has 3 rings (SSSR count). The highest BCUT2D eigenvalue weighted by Crippen LogP contribution is 2.32. The van der Waals surface area contributed by atoms with E-state index in [0.717, 1.165) is 15.8 Å². The Hall–Kier alpha value is -2.64. The van der Waals surface area contributed by atoms with Crippen LogP contribution in [0.2, 0.25) is 0 Å². The molecule has 13 heteroatoms. The summed E-state index contributed by atoms with van der Waals surface area (Å²) < 4.78 is 75.2. The van der Waals surface area contributed by atoms with Crippen molar-refractivity contribution in [3.05, 3.63) is 46.9 Å². The number of sulfonamides is 1. The van der Waals surface area contributed by atoms with Crippen LogP contribution in [0.15, 0.2) is 35.5 Å². The lowest BCUT2D eigenvalue weighted by Gasteiger charge is -2.16. The van der Waals surface area contributed by atoms with E-state index in [1.165, 1.54) is 20.3 Å². The second kappa shape index (κ2) is 9.08. The molecular weight excluding hydrogens is 467 g/mol. The first kappa shape index (κ1) is 24.0. The van der Waals surface area contributed by atoms with E-state index < -0.39 is 26.7 Å². The summed E-state index contributed by atoms with van der Waals surface area (Å²) in [6.07, 6.45) is -2.69. The topological polar surface area (TPSA) is 98.2 Å². The maximum absolute atomic E-state index is 13.1. The normalized spacial score (nSPS) is 12.5. The average Bonchev–Trinajstić information content (AvgIpc) is 3.15. The number of rotatable bonds is 7. The number of halogens is 3. The van der Waals surface area contributed by atoms with Gasteiger partial charge in [0.25, 0.3) is 0 Å². The quantitative estimate of drug-likeness (QED) is 0.502. The maximum Gasteiger partial charge on any atom is 0.417 e. The molecular formula is C19H20F3N5O3S2. The van der Waals surface area contributed by atoms with Gasteiger partial charge in [-0.25, -0.2) is 22.7 Å². The third-order valence-corrected chi connectivity index (χ3v) is 6.72. The van der Waals surface area contributed by atoms with E-state index in [4.69, 9.17) is 4.74 Å². The van der Waals surface area contributed by atoms with Crippen LogP contribution < -0.4 is 4.74 Å². The van der Waals surface area contributed by atoms with E-state index in [2.05, 4.69) is 19.3 Å². The van der Waals surface area contributed by atoms with Crippen molar-refractivity contribution < 1.29 is 26.3 Å². The Labute approximate surface area is 187 Å². The molecule has 0 saturated heterocycles. The minimum absolute atomic E-state index is 0.00414. The van der Waals surface area contributed by atoms with Crippen LogP contribution in [0, 0.1) is 0 Å². The van der Waals surface area contributed by atoms with Crippen molar-refractivity contribution in [2.75, 3.05) is 14.1 Å². The molecule has 0 saturated carbocycles. The summed E-state index contributed by atoms with van der Waals surface area (Å²) in [5, 5.41) is 0.381. The summed E-state index contributed by atoms with van der Waals surface area (Å²) in [5.74, 6) is 0.900. The van der Waals surface area contributed by atoms with E-state index in [1.807, 2.05) is 13.8 Å². The maximum atomic E-state index is 13.1. The van der Waals surface area contributed by atoms with Crippen molar-refractivity contribution >= 4 is 21.6 Å². The Morgan fingerprint density at radius 3 is 2.44 bits per heavy atom. The van der Waals surface area contributed by atoms with Gasteiger partial charge in [0.15, 0.2) is 5.82 Å². The molecule has 3 aromatic heterocycles. The molecule has 0 aliphatic rings. The van der Waals surface area contributed by atoms with E-state index in [1.54, 1.807) is 12.1 Å². The van der Waals surface area contributed by atoms with Gasteiger partial charge in [0.1, 0.15) is 21.3 Å². The van der Waals surface area contributed by atoms with E-state index in [-0.39, 0.29) is 18.2 Å². The van der Waals surface area contributed by atoms with Gasteiger partial charge in [0, 0.05) is 26.7 Å². The van der Waals surface area contributed by atoms with Crippen LogP contribution >= 0.6 is 11.5 Å². The molecule has 0 amide bonds. The van der Waals surface area contributed by atoms with Crippen LogP contribution in [0.5, 0.6) is 5.75 Å². The van der Waals surface area contributed by atoms with Crippen molar-refractivity contribution in [2.24, 2.45) is 0 Å². The molecule has 3 aromatic rings. The number of alkyl halides is 3.